The standard InChI is InChI=1S/C13H16F2N6O4S2/c1-24-20-12(18-9-4-2-3-8(7-9)11(14)15)10-13(21-25-19-10)26-6-5-17-27(16,22)23/h2-4,7,11,17H,5-6H2,1H3,(H,18,20)(H2,16,22,23). The quantitative estimate of drug-likeness (QED) is 0.179. The first kappa shape index (κ1) is 21.2. The number of nitrogens with two attached hydrogens (primary N) is 1. The molecule has 2 rings (SSSR count). The fourth-order valence-electron chi connectivity index (χ4n) is 1.83. The predicted molar refractivity (Wildman–Crippen MR) is 93.9 cm³/mol. The first-order chi connectivity index (χ1) is 12.8. The van der Waals surface area contributed by atoms with Crippen molar-refractivity contribution in [3.63, 3.8) is 0 Å². The highest BCUT2D eigenvalue weighted by molar-refractivity contribution is 7.99. The molecule has 0 bridgehead atoms. The van der Waals surface area contributed by atoms with Gasteiger partial charge in [0.15, 0.2) is 16.6 Å². The monoisotopic (exact) mass is 422 g/mol. The molecule has 0 atom stereocenters. The van der Waals surface area contributed by atoms with E-state index in [1.165, 1.54) is 31.4 Å². The molecular weight excluding hydrogens is 406 g/mol. The molecule has 14 heteroatoms. The number of amidine groups is 1. The molecule has 0 fully saturated rings. The zero-order valence-corrected chi connectivity index (χ0v) is 15.6. The van der Waals surface area contributed by atoms with Crippen molar-refractivity contribution >= 4 is 33.5 Å². The van der Waals surface area contributed by atoms with Crippen LogP contribution in [0.1, 0.15) is 17.7 Å². The van der Waals surface area contributed by atoms with Crippen molar-refractivity contribution in [1.29, 1.82) is 0 Å². The minimum absolute atomic E-state index is 0.0520. The van der Waals surface area contributed by atoms with E-state index in [1.54, 1.807) is 0 Å². The first-order valence-electron chi connectivity index (χ1n) is 7.29. The molecule has 0 spiro atoms. The van der Waals surface area contributed by atoms with Crippen LogP contribution in [-0.2, 0) is 15.0 Å². The number of rotatable bonds is 9. The second-order valence-electron chi connectivity index (χ2n) is 4.87. The topological polar surface area (TPSA) is 145 Å². The van der Waals surface area contributed by atoms with E-state index in [2.05, 4.69) is 25.5 Å². The van der Waals surface area contributed by atoms with Crippen LogP contribution in [0.25, 0.3) is 0 Å². The summed E-state index contributed by atoms with van der Waals surface area (Å²) >= 11 is 1.12. The lowest BCUT2D eigenvalue weighted by Crippen LogP contribution is -2.32. The number of nitrogens with zero attached hydrogens (tertiary/aromatic N) is 3. The van der Waals surface area contributed by atoms with Crippen LogP contribution < -0.4 is 15.3 Å². The van der Waals surface area contributed by atoms with Crippen LogP contribution in [0, 0.1) is 0 Å². The average molecular weight is 422 g/mol. The highest BCUT2D eigenvalue weighted by Gasteiger charge is 2.18. The third-order valence-corrected chi connectivity index (χ3v) is 4.44. The highest BCUT2D eigenvalue weighted by Crippen LogP contribution is 2.25. The zero-order valence-electron chi connectivity index (χ0n) is 13.9. The van der Waals surface area contributed by atoms with Crippen molar-refractivity contribution < 1.29 is 26.7 Å². The molecule has 0 aliphatic heterocycles. The van der Waals surface area contributed by atoms with Gasteiger partial charge in [0.05, 0.1) is 12.8 Å². The minimum Gasteiger partial charge on any atom is -0.278 e. The Morgan fingerprint density at radius 1 is 1.44 bits per heavy atom. The van der Waals surface area contributed by atoms with E-state index in [4.69, 9.17) is 14.6 Å². The minimum atomic E-state index is -3.79. The molecule has 2 aromatic rings. The molecule has 0 aliphatic rings. The van der Waals surface area contributed by atoms with Gasteiger partial charge in [-0.05, 0) is 22.4 Å². The number of hydrogen-bond acceptors (Lipinski definition) is 8. The third kappa shape index (κ3) is 6.84. The van der Waals surface area contributed by atoms with Crippen molar-refractivity contribution in [1.82, 2.24) is 20.5 Å². The van der Waals surface area contributed by atoms with E-state index < -0.39 is 16.6 Å². The third-order valence-electron chi connectivity index (χ3n) is 2.89. The van der Waals surface area contributed by atoms with Gasteiger partial charge in [-0.25, -0.2) is 33.7 Å². The molecular formula is C13H16F2N6O4S2. The SMILES string of the molecule is CONC(=Nc1cccc(C(F)F)c1)c1nonc1SCCNS(N)(=O)=O. The maximum atomic E-state index is 12.8. The Hall–Kier alpha value is -2.13. The van der Waals surface area contributed by atoms with Crippen molar-refractivity contribution in [2.24, 2.45) is 10.1 Å². The van der Waals surface area contributed by atoms with Crippen LogP contribution in [0.2, 0.25) is 0 Å². The van der Waals surface area contributed by atoms with E-state index in [1.807, 2.05) is 0 Å². The summed E-state index contributed by atoms with van der Waals surface area (Å²) in [6, 6.07) is 5.48. The van der Waals surface area contributed by atoms with E-state index in [9.17, 15) is 17.2 Å². The summed E-state index contributed by atoms with van der Waals surface area (Å²) < 4.78 is 54.2. The molecule has 0 aliphatic carbocycles. The summed E-state index contributed by atoms with van der Waals surface area (Å²) in [5.41, 5.74) is 2.71. The summed E-state index contributed by atoms with van der Waals surface area (Å²) in [5.74, 6) is 0.353. The smallest absolute Gasteiger partial charge is 0.274 e. The van der Waals surface area contributed by atoms with E-state index in [0.717, 1.165) is 11.8 Å². The van der Waals surface area contributed by atoms with Crippen LogP contribution in [0.15, 0.2) is 38.9 Å². The van der Waals surface area contributed by atoms with E-state index in [0.29, 0.717) is 5.03 Å². The number of thioether (sulfide) groups is 1. The van der Waals surface area contributed by atoms with Crippen molar-refractivity contribution in [2.75, 3.05) is 19.4 Å². The van der Waals surface area contributed by atoms with Crippen LogP contribution in [-0.4, -0.2) is 44.0 Å². The van der Waals surface area contributed by atoms with Gasteiger partial charge in [-0.3, -0.25) is 4.84 Å². The number of aliphatic imine (C=N–C) groups is 1. The Bertz CT molecular complexity index is 890. The molecule has 0 amide bonds. The van der Waals surface area contributed by atoms with Crippen LogP contribution >= 0.6 is 11.8 Å². The zero-order chi connectivity index (χ0) is 19.9. The Labute approximate surface area is 157 Å². The Kier molecular flexibility index (Phi) is 7.61. The number of hydrogen-bond donors (Lipinski definition) is 3. The number of aromatic nitrogens is 2. The van der Waals surface area contributed by atoms with Gasteiger partial charge in [-0.15, -0.1) is 0 Å². The average Bonchev–Trinajstić information content (AvgIpc) is 3.06. The fourth-order valence-corrected chi connectivity index (χ4v) is 3.10. The number of benzene rings is 1. The maximum absolute atomic E-state index is 12.8. The van der Waals surface area contributed by atoms with Gasteiger partial charge in [-0.2, -0.15) is 8.42 Å². The highest BCUT2D eigenvalue weighted by atomic mass is 32.2. The molecule has 1 aromatic heterocycles. The lowest BCUT2D eigenvalue weighted by Gasteiger charge is -2.07. The van der Waals surface area contributed by atoms with Gasteiger partial charge >= 0.3 is 0 Å². The Morgan fingerprint density at radius 2 is 2.22 bits per heavy atom. The largest absolute Gasteiger partial charge is 0.278 e. The van der Waals surface area contributed by atoms with Gasteiger partial charge in [0.2, 0.25) is 0 Å². The fraction of sp³-hybridized carbons (Fsp3) is 0.308. The van der Waals surface area contributed by atoms with Crippen LogP contribution in [0.3, 0.4) is 0 Å². The van der Waals surface area contributed by atoms with Gasteiger partial charge in [-0.1, -0.05) is 23.9 Å². The molecule has 0 saturated carbocycles. The van der Waals surface area contributed by atoms with Crippen LogP contribution in [0.5, 0.6) is 0 Å². The molecule has 4 N–H and O–H groups in total. The number of nitrogens with one attached hydrogen (secondary N) is 2. The summed E-state index contributed by atoms with van der Waals surface area (Å²) in [4.78, 5) is 9.05. The second kappa shape index (κ2) is 9.70. The number of hydroxylamine groups is 1. The molecule has 0 saturated heterocycles. The summed E-state index contributed by atoms with van der Waals surface area (Å²) in [7, 11) is -2.46. The van der Waals surface area contributed by atoms with Crippen LogP contribution in [0.4, 0.5) is 14.5 Å². The van der Waals surface area contributed by atoms with Crippen molar-refractivity contribution in [2.45, 2.75) is 11.5 Å². The van der Waals surface area contributed by atoms with Gasteiger partial charge in [0.1, 0.15) is 0 Å². The molecule has 0 radical (unpaired) electrons. The Balaban J connectivity index is 2.20. The van der Waals surface area contributed by atoms with Gasteiger partial charge in [0.25, 0.3) is 16.6 Å². The normalized spacial score (nSPS) is 12.6. The molecule has 1 aromatic carbocycles. The number of halogens is 2. The summed E-state index contributed by atoms with van der Waals surface area (Å²) in [6.45, 7) is 0.0520. The second-order valence-corrected chi connectivity index (χ2v) is 7.33. The lowest BCUT2D eigenvalue weighted by atomic mass is 10.2. The van der Waals surface area contributed by atoms with Gasteiger partial charge < -0.3 is 0 Å². The molecule has 1 heterocycles. The first-order valence-corrected chi connectivity index (χ1v) is 9.82. The maximum Gasteiger partial charge on any atom is 0.274 e. The molecule has 148 valence electrons. The van der Waals surface area contributed by atoms with Crippen molar-refractivity contribution in [3.05, 3.63) is 35.5 Å². The van der Waals surface area contributed by atoms with Crippen molar-refractivity contribution in [3.8, 4) is 0 Å². The lowest BCUT2D eigenvalue weighted by molar-refractivity contribution is 0.144. The van der Waals surface area contributed by atoms with E-state index in [-0.39, 0.29) is 35.1 Å². The molecule has 27 heavy (non-hydrogen) atoms. The van der Waals surface area contributed by atoms with E-state index >= 15 is 0 Å². The molecule has 0 unspecified atom stereocenters. The predicted octanol–water partition coefficient (Wildman–Crippen LogP) is 1.12. The van der Waals surface area contributed by atoms with Gasteiger partial charge in [0, 0.05) is 17.9 Å². The number of alkyl halides is 2. The Morgan fingerprint density at radius 3 is 2.89 bits per heavy atom. The summed E-state index contributed by atoms with van der Waals surface area (Å²) in [5, 5.41) is 12.6. The molecule has 10 nitrogen and oxygen atoms in total. The summed E-state index contributed by atoms with van der Waals surface area (Å²) in [6.07, 6.45) is -2.63.